The first-order chi connectivity index (χ1) is 13.3. The van der Waals surface area contributed by atoms with Gasteiger partial charge in [0.15, 0.2) is 0 Å². The largest absolute Gasteiger partial charge is 0.354 e. The van der Waals surface area contributed by atoms with Crippen LogP contribution in [0, 0.1) is 6.92 Å². The summed E-state index contributed by atoms with van der Waals surface area (Å²) in [6.07, 6.45) is 1.07. The Morgan fingerprint density at radius 1 is 1.11 bits per heavy atom. The predicted molar refractivity (Wildman–Crippen MR) is 115 cm³/mol. The first-order valence-electron chi connectivity index (χ1n) is 9.39. The van der Waals surface area contributed by atoms with Gasteiger partial charge in [0.1, 0.15) is 6.04 Å². The van der Waals surface area contributed by atoms with Crippen LogP contribution in [0.3, 0.4) is 0 Å². The number of aryl methyl sites for hydroxylation is 1. The highest BCUT2D eigenvalue weighted by Crippen LogP contribution is 2.24. The summed E-state index contributed by atoms with van der Waals surface area (Å²) in [4.78, 5) is 27.2. The van der Waals surface area contributed by atoms with Crippen molar-refractivity contribution in [3.63, 3.8) is 0 Å². The molecule has 2 aromatic carbocycles. The van der Waals surface area contributed by atoms with Gasteiger partial charge in [-0.3, -0.25) is 9.59 Å². The smallest absolute Gasteiger partial charge is 0.242 e. The topological polar surface area (TPSA) is 49.4 Å². The van der Waals surface area contributed by atoms with Crippen molar-refractivity contribution in [2.45, 2.75) is 46.2 Å². The number of nitrogens with zero attached hydrogens (tertiary/aromatic N) is 1. The van der Waals surface area contributed by atoms with Crippen molar-refractivity contribution < 1.29 is 9.59 Å². The van der Waals surface area contributed by atoms with E-state index in [1.54, 1.807) is 24.0 Å². The number of halogens is 2. The lowest BCUT2D eigenvalue weighted by molar-refractivity contribution is -0.140. The van der Waals surface area contributed by atoms with Crippen molar-refractivity contribution in [2.75, 3.05) is 6.54 Å². The van der Waals surface area contributed by atoms with Crippen LogP contribution in [-0.2, 0) is 22.6 Å². The first-order valence-corrected chi connectivity index (χ1v) is 10.1. The molecule has 28 heavy (non-hydrogen) atoms. The number of carbonyl (C=O) groups is 2. The van der Waals surface area contributed by atoms with E-state index in [4.69, 9.17) is 23.2 Å². The van der Waals surface area contributed by atoms with Gasteiger partial charge in [-0.2, -0.15) is 0 Å². The van der Waals surface area contributed by atoms with Crippen LogP contribution in [0.4, 0.5) is 0 Å². The Hall–Kier alpha value is -2.04. The maximum atomic E-state index is 13.1. The summed E-state index contributed by atoms with van der Waals surface area (Å²) >= 11 is 12.1. The molecule has 0 fully saturated rings. The van der Waals surface area contributed by atoms with Gasteiger partial charge in [-0.15, -0.1) is 0 Å². The Morgan fingerprint density at radius 3 is 2.46 bits per heavy atom. The van der Waals surface area contributed by atoms with Crippen molar-refractivity contribution in [1.82, 2.24) is 10.2 Å². The summed E-state index contributed by atoms with van der Waals surface area (Å²) < 4.78 is 0. The van der Waals surface area contributed by atoms with E-state index in [2.05, 4.69) is 5.32 Å². The zero-order chi connectivity index (χ0) is 20.7. The third kappa shape index (κ3) is 5.98. The number of rotatable bonds is 8. The molecule has 0 saturated carbocycles. The molecule has 0 aliphatic rings. The first kappa shape index (κ1) is 22.3. The molecule has 4 nitrogen and oxygen atoms in total. The molecule has 0 spiro atoms. The summed E-state index contributed by atoms with van der Waals surface area (Å²) in [6, 6.07) is 12.4. The standard InChI is InChI=1S/C22H26Cl2N2O2/c1-4-11-25-22(28)16(3)26(14-17-9-10-19(23)20(24)12-17)21(27)13-18-8-6-5-7-15(18)2/h5-10,12,16H,4,11,13-14H2,1-3H3,(H,25,28)/t16-/m0/s1. The van der Waals surface area contributed by atoms with Gasteiger partial charge in [0.2, 0.25) is 11.8 Å². The molecular weight excluding hydrogens is 395 g/mol. The van der Waals surface area contributed by atoms with E-state index in [1.807, 2.05) is 44.2 Å². The van der Waals surface area contributed by atoms with E-state index in [0.29, 0.717) is 16.6 Å². The third-order valence-corrected chi connectivity index (χ3v) is 5.40. The molecule has 0 aromatic heterocycles. The molecule has 0 aliphatic heterocycles. The molecule has 150 valence electrons. The molecule has 2 amide bonds. The van der Waals surface area contributed by atoms with Crippen molar-refractivity contribution in [3.05, 3.63) is 69.2 Å². The second kappa shape index (κ2) is 10.5. The minimum Gasteiger partial charge on any atom is -0.354 e. The lowest BCUT2D eigenvalue weighted by atomic mass is 10.0. The van der Waals surface area contributed by atoms with Gasteiger partial charge in [-0.1, -0.05) is 60.5 Å². The molecule has 0 radical (unpaired) electrons. The molecule has 0 aliphatic carbocycles. The Kier molecular flexibility index (Phi) is 8.34. The van der Waals surface area contributed by atoms with Crippen molar-refractivity contribution in [2.24, 2.45) is 0 Å². The zero-order valence-corrected chi connectivity index (χ0v) is 18.0. The van der Waals surface area contributed by atoms with Gasteiger partial charge in [0, 0.05) is 13.1 Å². The van der Waals surface area contributed by atoms with Gasteiger partial charge in [-0.25, -0.2) is 0 Å². The van der Waals surface area contributed by atoms with E-state index < -0.39 is 6.04 Å². The summed E-state index contributed by atoms with van der Waals surface area (Å²) in [6.45, 7) is 6.57. The Labute approximate surface area is 176 Å². The average Bonchev–Trinajstić information content (AvgIpc) is 2.68. The van der Waals surface area contributed by atoms with Crippen molar-refractivity contribution in [1.29, 1.82) is 0 Å². The van der Waals surface area contributed by atoms with E-state index in [9.17, 15) is 9.59 Å². The molecule has 0 heterocycles. The second-order valence-corrected chi connectivity index (χ2v) is 7.65. The van der Waals surface area contributed by atoms with Gasteiger partial charge in [-0.05, 0) is 49.1 Å². The fourth-order valence-corrected chi connectivity index (χ4v) is 3.21. The highest BCUT2D eigenvalue weighted by Gasteiger charge is 2.26. The predicted octanol–water partition coefficient (Wildman–Crippen LogP) is 4.79. The molecule has 1 atom stereocenters. The number of hydrogen-bond acceptors (Lipinski definition) is 2. The molecule has 0 unspecified atom stereocenters. The summed E-state index contributed by atoms with van der Waals surface area (Å²) in [5, 5.41) is 3.75. The Balaban J connectivity index is 2.26. The summed E-state index contributed by atoms with van der Waals surface area (Å²) in [7, 11) is 0. The van der Waals surface area contributed by atoms with E-state index in [1.165, 1.54) is 0 Å². The quantitative estimate of drug-likeness (QED) is 0.667. The maximum absolute atomic E-state index is 13.1. The Bertz CT molecular complexity index is 839. The maximum Gasteiger partial charge on any atom is 0.242 e. The SMILES string of the molecule is CCCNC(=O)[C@H](C)N(Cc1ccc(Cl)c(Cl)c1)C(=O)Cc1ccccc1C. The van der Waals surface area contributed by atoms with Gasteiger partial charge >= 0.3 is 0 Å². The van der Waals surface area contributed by atoms with E-state index >= 15 is 0 Å². The van der Waals surface area contributed by atoms with Crippen molar-refractivity contribution >= 4 is 35.0 Å². The molecular formula is C22H26Cl2N2O2. The highest BCUT2D eigenvalue weighted by molar-refractivity contribution is 6.42. The fourth-order valence-electron chi connectivity index (χ4n) is 2.89. The lowest BCUT2D eigenvalue weighted by Gasteiger charge is -2.29. The second-order valence-electron chi connectivity index (χ2n) is 6.84. The fraction of sp³-hybridized carbons (Fsp3) is 0.364. The number of benzene rings is 2. The third-order valence-electron chi connectivity index (χ3n) is 4.66. The Morgan fingerprint density at radius 2 is 1.82 bits per heavy atom. The van der Waals surface area contributed by atoms with E-state index in [0.717, 1.165) is 23.1 Å². The molecule has 1 N–H and O–H groups in total. The van der Waals surface area contributed by atoms with Crippen LogP contribution in [0.2, 0.25) is 10.0 Å². The van der Waals surface area contributed by atoms with Crippen LogP contribution in [0.1, 0.15) is 37.0 Å². The minimum absolute atomic E-state index is 0.112. The van der Waals surface area contributed by atoms with Crippen LogP contribution >= 0.6 is 23.2 Å². The van der Waals surface area contributed by atoms with Crippen LogP contribution < -0.4 is 5.32 Å². The molecule has 6 heteroatoms. The highest BCUT2D eigenvalue weighted by atomic mass is 35.5. The summed E-state index contributed by atoms with van der Waals surface area (Å²) in [5.41, 5.74) is 2.82. The number of hydrogen-bond donors (Lipinski definition) is 1. The normalized spacial score (nSPS) is 11.8. The minimum atomic E-state index is -0.600. The lowest BCUT2D eigenvalue weighted by Crippen LogP contribution is -2.48. The monoisotopic (exact) mass is 420 g/mol. The van der Waals surface area contributed by atoms with Gasteiger partial charge < -0.3 is 10.2 Å². The van der Waals surface area contributed by atoms with Crippen LogP contribution in [-0.4, -0.2) is 29.3 Å². The van der Waals surface area contributed by atoms with Crippen molar-refractivity contribution in [3.8, 4) is 0 Å². The zero-order valence-electron chi connectivity index (χ0n) is 16.5. The number of nitrogens with one attached hydrogen (secondary N) is 1. The summed E-state index contributed by atoms with van der Waals surface area (Å²) in [5.74, 6) is -0.278. The average molecular weight is 421 g/mol. The molecule has 0 bridgehead atoms. The van der Waals surface area contributed by atoms with E-state index in [-0.39, 0.29) is 24.8 Å². The molecule has 2 rings (SSSR count). The van der Waals surface area contributed by atoms with Gasteiger partial charge in [0.05, 0.1) is 16.5 Å². The van der Waals surface area contributed by atoms with Gasteiger partial charge in [0.25, 0.3) is 0 Å². The number of carbonyl (C=O) groups excluding carboxylic acids is 2. The van der Waals surface area contributed by atoms with Crippen LogP contribution in [0.5, 0.6) is 0 Å². The molecule has 2 aromatic rings. The van der Waals surface area contributed by atoms with Crippen LogP contribution in [0.15, 0.2) is 42.5 Å². The van der Waals surface area contributed by atoms with Crippen LogP contribution in [0.25, 0.3) is 0 Å². The number of amides is 2. The molecule has 0 saturated heterocycles.